The maximum absolute atomic E-state index is 10.2. The van der Waals surface area contributed by atoms with E-state index >= 15 is 0 Å². The Hall–Kier alpha value is -0.840. The SMILES string of the molecule is CCCNc1ccc(Cl)c(CN2CCCC(C)(O)CC2)n1. The summed E-state index contributed by atoms with van der Waals surface area (Å²) in [6, 6.07) is 3.84. The van der Waals surface area contributed by atoms with Gasteiger partial charge in [0.05, 0.1) is 16.3 Å². The van der Waals surface area contributed by atoms with Crippen molar-refractivity contribution in [2.24, 2.45) is 0 Å². The molecule has 21 heavy (non-hydrogen) atoms. The average molecular weight is 312 g/mol. The molecule has 0 saturated carbocycles. The third kappa shape index (κ3) is 5.13. The lowest BCUT2D eigenvalue weighted by Gasteiger charge is -2.22. The van der Waals surface area contributed by atoms with Crippen molar-refractivity contribution in [3.8, 4) is 0 Å². The summed E-state index contributed by atoms with van der Waals surface area (Å²) in [5.41, 5.74) is 0.385. The van der Waals surface area contributed by atoms with E-state index in [1.165, 1.54) is 0 Å². The summed E-state index contributed by atoms with van der Waals surface area (Å²) >= 11 is 6.28. The molecule has 1 unspecified atom stereocenters. The molecule has 0 amide bonds. The predicted molar refractivity (Wildman–Crippen MR) is 87.8 cm³/mol. The normalized spacial score (nSPS) is 23.8. The maximum Gasteiger partial charge on any atom is 0.126 e. The van der Waals surface area contributed by atoms with Gasteiger partial charge in [0, 0.05) is 19.6 Å². The van der Waals surface area contributed by atoms with Crippen LogP contribution in [-0.2, 0) is 6.54 Å². The molecule has 1 aliphatic rings. The number of pyridine rings is 1. The van der Waals surface area contributed by atoms with Gasteiger partial charge in [0.1, 0.15) is 5.82 Å². The van der Waals surface area contributed by atoms with Crippen molar-refractivity contribution >= 4 is 17.4 Å². The second-order valence-corrected chi connectivity index (χ2v) is 6.59. The first-order chi connectivity index (χ1) is 10.00. The van der Waals surface area contributed by atoms with E-state index in [9.17, 15) is 5.11 Å². The molecule has 2 heterocycles. The molecule has 0 aliphatic carbocycles. The summed E-state index contributed by atoms with van der Waals surface area (Å²) < 4.78 is 0. The molecule has 1 aromatic heterocycles. The first-order valence-corrected chi connectivity index (χ1v) is 8.22. The molecule has 1 saturated heterocycles. The Balaban J connectivity index is 2.01. The first-order valence-electron chi connectivity index (χ1n) is 7.84. The van der Waals surface area contributed by atoms with Gasteiger partial charge < -0.3 is 10.4 Å². The number of hydrogen-bond donors (Lipinski definition) is 2. The smallest absolute Gasteiger partial charge is 0.126 e. The van der Waals surface area contributed by atoms with Crippen LogP contribution in [0.1, 0.15) is 45.2 Å². The first kappa shape index (κ1) is 16.5. The van der Waals surface area contributed by atoms with E-state index in [0.717, 1.165) is 63.4 Å². The zero-order valence-electron chi connectivity index (χ0n) is 13.0. The van der Waals surface area contributed by atoms with Crippen molar-refractivity contribution in [1.29, 1.82) is 0 Å². The van der Waals surface area contributed by atoms with Crippen molar-refractivity contribution < 1.29 is 5.11 Å². The lowest BCUT2D eigenvalue weighted by Crippen LogP contribution is -2.28. The quantitative estimate of drug-likeness (QED) is 0.876. The minimum Gasteiger partial charge on any atom is -0.390 e. The maximum atomic E-state index is 10.2. The van der Waals surface area contributed by atoms with Gasteiger partial charge >= 0.3 is 0 Å². The van der Waals surface area contributed by atoms with E-state index < -0.39 is 5.60 Å². The molecule has 1 fully saturated rings. The van der Waals surface area contributed by atoms with Gasteiger partial charge in [0.2, 0.25) is 0 Å². The number of rotatable bonds is 5. The van der Waals surface area contributed by atoms with Gasteiger partial charge in [0.25, 0.3) is 0 Å². The minimum atomic E-state index is -0.531. The van der Waals surface area contributed by atoms with E-state index in [4.69, 9.17) is 11.6 Å². The van der Waals surface area contributed by atoms with E-state index in [1.807, 2.05) is 19.1 Å². The van der Waals surface area contributed by atoms with Gasteiger partial charge in [0.15, 0.2) is 0 Å². The molecule has 5 heteroatoms. The summed E-state index contributed by atoms with van der Waals surface area (Å²) in [6.45, 7) is 7.60. The fourth-order valence-corrected chi connectivity index (χ4v) is 2.80. The highest BCUT2D eigenvalue weighted by molar-refractivity contribution is 6.31. The van der Waals surface area contributed by atoms with E-state index in [1.54, 1.807) is 0 Å². The van der Waals surface area contributed by atoms with Crippen molar-refractivity contribution in [1.82, 2.24) is 9.88 Å². The summed E-state index contributed by atoms with van der Waals surface area (Å²) in [4.78, 5) is 6.96. The fourth-order valence-electron chi connectivity index (χ4n) is 2.64. The zero-order valence-corrected chi connectivity index (χ0v) is 13.8. The van der Waals surface area contributed by atoms with Crippen LogP contribution < -0.4 is 5.32 Å². The van der Waals surface area contributed by atoms with Gasteiger partial charge in [-0.2, -0.15) is 0 Å². The molecule has 118 valence electrons. The lowest BCUT2D eigenvalue weighted by atomic mass is 9.98. The summed E-state index contributed by atoms with van der Waals surface area (Å²) in [5, 5.41) is 14.2. The van der Waals surface area contributed by atoms with Crippen LogP contribution in [0.5, 0.6) is 0 Å². The number of aliphatic hydroxyl groups is 1. The monoisotopic (exact) mass is 311 g/mol. The third-order valence-electron chi connectivity index (χ3n) is 4.00. The summed E-state index contributed by atoms with van der Waals surface area (Å²) in [5.74, 6) is 0.887. The molecule has 1 aromatic rings. The number of nitrogens with zero attached hydrogens (tertiary/aromatic N) is 2. The highest BCUT2D eigenvalue weighted by Crippen LogP contribution is 2.24. The van der Waals surface area contributed by atoms with Crippen LogP contribution in [0.15, 0.2) is 12.1 Å². The van der Waals surface area contributed by atoms with Gasteiger partial charge in [-0.3, -0.25) is 4.90 Å². The molecule has 4 nitrogen and oxygen atoms in total. The second-order valence-electron chi connectivity index (χ2n) is 6.18. The molecule has 1 atom stereocenters. The van der Waals surface area contributed by atoms with Crippen molar-refractivity contribution in [2.75, 3.05) is 25.0 Å². The van der Waals surface area contributed by atoms with Gasteiger partial charge in [-0.15, -0.1) is 0 Å². The second kappa shape index (κ2) is 7.43. The van der Waals surface area contributed by atoms with Gasteiger partial charge in [-0.05, 0) is 51.3 Å². The van der Waals surface area contributed by atoms with Gasteiger partial charge in [-0.1, -0.05) is 18.5 Å². The lowest BCUT2D eigenvalue weighted by molar-refractivity contribution is 0.0444. The number of halogens is 1. The molecular weight excluding hydrogens is 286 g/mol. The summed E-state index contributed by atoms with van der Waals surface area (Å²) in [7, 11) is 0. The van der Waals surface area contributed by atoms with Crippen LogP contribution in [-0.4, -0.2) is 40.2 Å². The van der Waals surface area contributed by atoms with Crippen LogP contribution in [0.25, 0.3) is 0 Å². The van der Waals surface area contributed by atoms with Crippen molar-refractivity contribution in [3.05, 3.63) is 22.8 Å². The molecule has 0 spiro atoms. The zero-order chi connectivity index (χ0) is 15.3. The predicted octanol–water partition coefficient (Wildman–Crippen LogP) is 3.29. The van der Waals surface area contributed by atoms with Crippen LogP contribution in [0, 0.1) is 0 Å². The number of nitrogens with one attached hydrogen (secondary N) is 1. The van der Waals surface area contributed by atoms with Crippen LogP contribution in [0.2, 0.25) is 5.02 Å². The van der Waals surface area contributed by atoms with Crippen LogP contribution >= 0.6 is 11.6 Å². The van der Waals surface area contributed by atoms with Crippen LogP contribution in [0.3, 0.4) is 0 Å². The Labute approximate surface area is 132 Å². The highest BCUT2D eigenvalue weighted by Gasteiger charge is 2.25. The Morgan fingerprint density at radius 2 is 2.19 bits per heavy atom. The third-order valence-corrected chi connectivity index (χ3v) is 4.35. The Bertz CT molecular complexity index is 465. The molecule has 2 rings (SSSR count). The molecule has 2 N–H and O–H groups in total. The number of aromatic nitrogens is 1. The minimum absolute atomic E-state index is 0.531. The summed E-state index contributed by atoms with van der Waals surface area (Å²) in [6.07, 6.45) is 3.75. The fraction of sp³-hybridized carbons (Fsp3) is 0.688. The Kier molecular flexibility index (Phi) is 5.85. The average Bonchev–Trinajstić information content (AvgIpc) is 2.61. The number of hydrogen-bond acceptors (Lipinski definition) is 4. The Morgan fingerprint density at radius 1 is 1.38 bits per heavy atom. The number of likely N-dealkylation sites (tertiary alicyclic amines) is 1. The van der Waals surface area contributed by atoms with E-state index in [2.05, 4.69) is 22.1 Å². The molecule has 1 aliphatic heterocycles. The van der Waals surface area contributed by atoms with Crippen molar-refractivity contribution in [3.63, 3.8) is 0 Å². The largest absolute Gasteiger partial charge is 0.390 e. The Morgan fingerprint density at radius 3 is 2.95 bits per heavy atom. The molecule has 0 radical (unpaired) electrons. The number of anilines is 1. The molecular formula is C16H26ClN3O. The van der Waals surface area contributed by atoms with Crippen LogP contribution in [0.4, 0.5) is 5.82 Å². The van der Waals surface area contributed by atoms with E-state index in [0.29, 0.717) is 5.02 Å². The molecule has 0 aromatic carbocycles. The van der Waals surface area contributed by atoms with E-state index in [-0.39, 0.29) is 0 Å². The van der Waals surface area contributed by atoms with Gasteiger partial charge in [-0.25, -0.2) is 4.98 Å². The topological polar surface area (TPSA) is 48.4 Å². The molecule has 0 bridgehead atoms. The van der Waals surface area contributed by atoms with Crippen molar-refractivity contribution in [2.45, 2.75) is 51.7 Å². The highest BCUT2D eigenvalue weighted by atomic mass is 35.5. The standard InChI is InChI=1S/C16H26ClN3O/c1-3-9-18-15-6-5-13(17)14(19-15)12-20-10-4-7-16(2,21)8-11-20/h5-6,21H,3-4,7-12H2,1-2H3,(H,18,19).